The molecular weight excluding hydrogens is 276 g/mol. The molecule has 0 saturated carbocycles. The summed E-state index contributed by atoms with van der Waals surface area (Å²) in [5.74, 6) is 0.475. The van der Waals surface area contributed by atoms with Gasteiger partial charge in [-0.2, -0.15) is 0 Å². The van der Waals surface area contributed by atoms with Crippen molar-refractivity contribution >= 4 is 11.3 Å². The minimum absolute atomic E-state index is 0.475. The molecule has 0 bridgehead atoms. The second-order valence-electron chi connectivity index (χ2n) is 5.71. The van der Waals surface area contributed by atoms with Crippen molar-refractivity contribution in [1.82, 2.24) is 10.3 Å². The summed E-state index contributed by atoms with van der Waals surface area (Å²) in [7, 11) is 0. The fourth-order valence-corrected chi connectivity index (χ4v) is 3.52. The average molecular weight is 302 g/mol. The van der Waals surface area contributed by atoms with E-state index in [0.29, 0.717) is 5.92 Å². The highest BCUT2D eigenvalue weighted by Crippen LogP contribution is 2.31. The van der Waals surface area contributed by atoms with Gasteiger partial charge >= 0.3 is 0 Å². The lowest BCUT2D eigenvalue weighted by atomic mass is 10.1. The van der Waals surface area contributed by atoms with Crippen LogP contribution in [0.25, 0.3) is 10.6 Å². The van der Waals surface area contributed by atoms with Crippen molar-refractivity contribution in [3.8, 4) is 10.6 Å². The largest absolute Gasteiger partial charge is 0.312 e. The summed E-state index contributed by atoms with van der Waals surface area (Å²) in [6.07, 6.45) is 2.25. The maximum Gasteiger partial charge on any atom is 0.123 e. The van der Waals surface area contributed by atoms with Crippen LogP contribution in [-0.2, 0) is 13.0 Å². The smallest absolute Gasteiger partial charge is 0.123 e. The zero-order chi connectivity index (χ0) is 15.2. The van der Waals surface area contributed by atoms with Crippen LogP contribution in [-0.4, -0.2) is 11.5 Å². The Morgan fingerprint density at radius 2 is 1.86 bits per heavy atom. The van der Waals surface area contributed by atoms with Crippen molar-refractivity contribution in [2.24, 2.45) is 0 Å². The summed E-state index contributed by atoms with van der Waals surface area (Å²) in [5.41, 5.74) is 3.86. The maximum atomic E-state index is 4.89. The summed E-state index contributed by atoms with van der Waals surface area (Å²) in [5, 5.41) is 4.65. The Hall–Kier alpha value is -1.19. The first-order valence-electron chi connectivity index (χ1n) is 7.95. The molecule has 0 aliphatic carbocycles. The van der Waals surface area contributed by atoms with Gasteiger partial charge in [-0.15, -0.1) is 11.3 Å². The van der Waals surface area contributed by atoms with Crippen LogP contribution in [0.5, 0.6) is 0 Å². The molecule has 1 aromatic carbocycles. The first-order chi connectivity index (χ1) is 10.2. The molecule has 0 fully saturated rings. The Bertz CT molecular complexity index is 555. The van der Waals surface area contributed by atoms with Gasteiger partial charge in [0.25, 0.3) is 0 Å². The Morgan fingerprint density at radius 3 is 2.43 bits per heavy atom. The third-order valence-electron chi connectivity index (χ3n) is 3.60. The van der Waals surface area contributed by atoms with Crippen LogP contribution < -0.4 is 5.32 Å². The van der Waals surface area contributed by atoms with Crippen molar-refractivity contribution in [3.63, 3.8) is 0 Å². The minimum Gasteiger partial charge on any atom is -0.312 e. The topological polar surface area (TPSA) is 24.9 Å². The summed E-state index contributed by atoms with van der Waals surface area (Å²) < 4.78 is 0. The molecule has 0 aliphatic heterocycles. The monoisotopic (exact) mass is 302 g/mol. The Labute approximate surface area is 132 Å². The van der Waals surface area contributed by atoms with Crippen molar-refractivity contribution in [1.29, 1.82) is 0 Å². The molecule has 0 unspecified atom stereocenters. The first-order valence-corrected chi connectivity index (χ1v) is 8.77. The summed E-state index contributed by atoms with van der Waals surface area (Å²) in [6.45, 7) is 10.8. The van der Waals surface area contributed by atoms with Gasteiger partial charge in [-0.3, -0.25) is 0 Å². The molecule has 0 aliphatic rings. The van der Waals surface area contributed by atoms with Crippen LogP contribution in [0.15, 0.2) is 24.3 Å². The predicted molar refractivity (Wildman–Crippen MR) is 93.0 cm³/mol. The van der Waals surface area contributed by atoms with E-state index in [-0.39, 0.29) is 0 Å². The number of aromatic nitrogens is 1. The first kappa shape index (κ1) is 16.2. The second kappa shape index (κ2) is 7.71. The molecule has 0 saturated heterocycles. The van der Waals surface area contributed by atoms with E-state index < -0.39 is 0 Å². The number of benzene rings is 1. The summed E-state index contributed by atoms with van der Waals surface area (Å²) in [6, 6.07) is 8.82. The number of hydrogen-bond donors (Lipinski definition) is 1. The average Bonchev–Trinajstić information content (AvgIpc) is 2.92. The summed E-state index contributed by atoms with van der Waals surface area (Å²) in [4.78, 5) is 6.28. The van der Waals surface area contributed by atoms with Crippen LogP contribution in [0.4, 0.5) is 0 Å². The molecule has 0 spiro atoms. The van der Waals surface area contributed by atoms with Crippen molar-refractivity contribution in [2.45, 2.75) is 53.0 Å². The van der Waals surface area contributed by atoms with Crippen LogP contribution in [0.1, 0.15) is 56.2 Å². The van der Waals surface area contributed by atoms with Crippen molar-refractivity contribution < 1.29 is 0 Å². The predicted octanol–water partition coefficient (Wildman–Crippen LogP) is 5.00. The molecule has 1 aromatic heterocycles. The SMILES string of the molecule is CCCNCc1sc(-c2ccc(CC)cc2)nc1C(C)C. The molecule has 2 rings (SSSR count). The molecule has 3 heteroatoms. The van der Waals surface area contributed by atoms with Crippen LogP contribution in [0.2, 0.25) is 0 Å². The molecule has 0 radical (unpaired) electrons. The fraction of sp³-hybridized carbons (Fsp3) is 0.500. The molecule has 21 heavy (non-hydrogen) atoms. The number of rotatable bonds is 7. The third-order valence-corrected chi connectivity index (χ3v) is 4.72. The standard InChI is InChI=1S/C18H26N2S/c1-5-11-19-12-16-17(13(3)4)20-18(21-16)15-9-7-14(6-2)8-10-15/h7-10,13,19H,5-6,11-12H2,1-4H3. The van der Waals surface area contributed by atoms with Gasteiger partial charge in [-0.1, -0.05) is 52.0 Å². The van der Waals surface area contributed by atoms with E-state index in [1.54, 1.807) is 0 Å². The molecule has 1 heterocycles. The van der Waals surface area contributed by atoms with Gasteiger partial charge in [0.05, 0.1) is 5.69 Å². The van der Waals surface area contributed by atoms with E-state index >= 15 is 0 Å². The summed E-state index contributed by atoms with van der Waals surface area (Å²) >= 11 is 1.83. The van der Waals surface area contributed by atoms with Gasteiger partial charge in [0.2, 0.25) is 0 Å². The lowest BCUT2D eigenvalue weighted by molar-refractivity contribution is 0.670. The van der Waals surface area contributed by atoms with Gasteiger partial charge in [0.1, 0.15) is 5.01 Å². The highest BCUT2D eigenvalue weighted by atomic mass is 32.1. The highest BCUT2D eigenvalue weighted by molar-refractivity contribution is 7.15. The number of nitrogens with zero attached hydrogens (tertiary/aromatic N) is 1. The molecule has 114 valence electrons. The highest BCUT2D eigenvalue weighted by Gasteiger charge is 2.14. The number of nitrogens with one attached hydrogen (secondary N) is 1. The lowest BCUT2D eigenvalue weighted by Gasteiger charge is -2.05. The molecular formula is C18H26N2S. The number of thiazole rings is 1. The number of aryl methyl sites for hydroxylation is 1. The zero-order valence-corrected chi connectivity index (χ0v) is 14.4. The quantitative estimate of drug-likeness (QED) is 0.728. The van der Waals surface area contributed by atoms with Gasteiger partial charge in [0.15, 0.2) is 0 Å². The van der Waals surface area contributed by atoms with E-state index in [1.807, 2.05) is 11.3 Å². The van der Waals surface area contributed by atoms with Crippen LogP contribution in [0, 0.1) is 0 Å². The minimum atomic E-state index is 0.475. The van der Waals surface area contributed by atoms with E-state index in [4.69, 9.17) is 4.98 Å². The Kier molecular flexibility index (Phi) is 5.95. The Balaban J connectivity index is 2.24. The molecule has 0 atom stereocenters. The molecule has 2 nitrogen and oxygen atoms in total. The van der Waals surface area contributed by atoms with Gasteiger partial charge in [0, 0.05) is 17.0 Å². The van der Waals surface area contributed by atoms with Gasteiger partial charge in [-0.25, -0.2) is 4.98 Å². The van der Waals surface area contributed by atoms with E-state index in [9.17, 15) is 0 Å². The lowest BCUT2D eigenvalue weighted by Crippen LogP contribution is -2.14. The molecule has 1 N–H and O–H groups in total. The van der Waals surface area contributed by atoms with Crippen LogP contribution in [0.3, 0.4) is 0 Å². The fourth-order valence-electron chi connectivity index (χ4n) is 2.33. The van der Waals surface area contributed by atoms with Gasteiger partial charge in [-0.05, 0) is 30.9 Å². The van der Waals surface area contributed by atoms with Crippen LogP contribution >= 0.6 is 11.3 Å². The second-order valence-corrected chi connectivity index (χ2v) is 6.79. The zero-order valence-electron chi connectivity index (χ0n) is 13.6. The van der Waals surface area contributed by atoms with E-state index in [0.717, 1.165) is 24.5 Å². The van der Waals surface area contributed by atoms with Gasteiger partial charge < -0.3 is 5.32 Å². The number of hydrogen-bond acceptors (Lipinski definition) is 3. The Morgan fingerprint density at radius 1 is 1.14 bits per heavy atom. The van der Waals surface area contributed by atoms with Crippen molar-refractivity contribution in [2.75, 3.05) is 6.54 Å². The van der Waals surface area contributed by atoms with Crippen molar-refractivity contribution in [3.05, 3.63) is 40.4 Å². The van der Waals surface area contributed by atoms with E-state index in [2.05, 4.69) is 57.3 Å². The molecule has 2 aromatic rings. The molecule has 0 amide bonds. The maximum absolute atomic E-state index is 4.89. The normalized spacial score (nSPS) is 11.3. The third kappa shape index (κ3) is 4.14. The van der Waals surface area contributed by atoms with E-state index in [1.165, 1.54) is 28.1 Å².